The highest BCUT2D eigenvalue weighted by atomic mass is 15.0. The molecule has 4 nitrogen and oxygen atoms in total. The Hall–Kier alpha value is -8.78. The lowest BCUT2D eigenvalue weighted by atomic mass is 9.98. The zero-order valence-electron chi connectivity index (χ0n) is 38.4. The summed E-state index contributed by atoms with van der Waals surface area (Å²) in [6, 6.07) is 72.5. The lowest BCUT2D eigenvalue weighted by Crippen LogP contribution is -2.05. The molecule has 0 aliphatic carbocycles. The number of hydrogen-bond donors (Lipinski definition) is 0. The van der Waals surface area contributed by atoms with Gasteiger partial charge in [-0.1, -0.05) is 158 Å². The van der Waals surface area contributed by atoms with Gasteiger partial charge in [0.05, 0.1) is 57.5 Å². The van der Waals surface area contributed by atoms with Crippen LogP contribution in [-0.4, -0.2) is 14.1 Å². The zero-order chi connectivity index (χ0) is 46.0. The summed E-state index contributed by atoms with van der Waals surface area (Å²) >= 11 is 0. The Morgan fingerprint density at radius 1 is 0.353 bits per heavy atom. The number of aryl methyl sites for hydroxylation is 4. The van der Waals surface area contributed by atoms with E-state index in [1.165, 1.54) is 44.5 Å². The number of rotatable bonds is 7. The molecule has 322 valence electrons. The van der Waals surface area contributed by atoms with E-state index in [1.54, 1.807) is 0 Å². The average molecular weight is 871 g/mol. The first kappa shape index (κ1) is 40.7. The fraction of sp³-hybridized carbons (Fsp3) is 0.0625. The number of hydrogen-bond acceptors (Lipinski definition) is 2. The van der Waals surface area contributed by atoms with Crippen LogP contribution in [0.4, 0.5) is 0 Å². The van der Waals surface area contributed by atoms with Gasteiger partial charge in [0, 0.05) is 27.1 Å². The molecule has 0 atom stereocenters. The van der Waals surface area contributed by atoms with E-state index < -0.39 is 0 Å². The molecule has 0 unspecified atom stereocenters. The van der Waals surface area contributed by atoms with Crippen molar-refractivity contribution in [3.05, 3.63) is 234 Å². The molecule has 0 fully saturated rings. The highest BCUT2D eigenvalue weighted by Crippen LogP contribution is 2.45. The van der Waals surface area contributed by atoms with Gasteiger partial charge in [0.2, 0.25) is 0 Å². The van der Waals surface area contributed by atoms with Gasteiger partial charge in [0.15, 0.2) is 0 Å². The van der Waals surface area contributed by atoms with Crippen molar-refractivity contribution in [2.45, 2.75) is 27.7 Å². The van der Waals surface area contributed by atoms with Crippen molar-refractivity contribution < 1.29 is 0 Å². The number of benzene rings is 9. The lowest BCUT2D eigenvalue weighted by molar-refractivity contribution is 1.09. The molecule has 9 aromatic carbocycles. The van der Waals surface area contributed by atoms with Gasteiger partial charge in [-0.05, 0) is 136 Å². The summed E-state index contributed by atoms with van der Waals surface area (Å²) in [7, 11) is 0. The van der Waals surface area contributed by atoms with E-state index in [2.05, 4.69) is 225 Å². The number of nitriles is 1. The van der Waals surface area contributed by atoms with Crippen molar-refractivity contribution in [1.82, 2.24) is 14.1 Å². The van der Waals surface area contributed by atoms with Gasteiger partial charge in [-0.15, -0.1) is 0 Å². The highest BCUT2D eigenvalue weighted by Gasteiger charge is 2.24. The van der Waals surface area contributed by atoms with Gasteiger partial charge in [-0.2, -0.15) is 5.26 Å². The van der Waals surface area contributed by atoms with Crippen LogP contribution in [0.25, 0.3) is 111 Å². The molecule has 0 amide bonds. The molecule has 0 radical (unpaired) electrons. The summed E-state index contributed by atoms with van der Waals surface area (Å²) in [6.07, 6.45) is 4.06. The minimum absolute atomic E-state index is 0.608. The summed E-state index contributed by atoms with van der Waals surface area (Å²) in [5.74, 6) is 0. The van der Waals surface area contributed by atoms with Crippen LogP contribution in [0.5, 0.6) is 0 Å². The average Bonchev–Trinajstić information content (AvgIpc) is 3.87. The van der Waals surface area contributed by atoms with E-state index in [-0.39, 0.29) is 0 Å². The summed E-state index contributed by atoms with van der Waals surface area (Å²) in [5, 5.41) is 14.7. The Morgan fingerprint density at radius 2 is 0.647 bits per heavy atom. The fourth-order valence-electron chi connectivity index (χ4n) is 10.6. The van der Waals surface area contributed by atoms with Crippen molar-refractivity contribution in [1.29, 1.82) is 5.26 Å². The maximum atomic E-state index is 10.1. The normalized spacial score (nSPS) is 11.5. The van der Waals surface area contributed by atoms with Gasteiger partial charge >= 0.3 is 0 Å². The Labute approximate surface area is 396 Å². The number of fused-ring (bicyclic) bond motifs is 6. The molecule has 0 bridgehead atoms. The second-order valence-electron chi connectivity index (χ2n) is 18.1. The monoisotopic (exact) mass is 870 g/mol. The molecule has 4 heteroatoms. The van der Waals surface area contributed by atoms with Crippen molar-refractivity contribution >= 4 is 43.6 Å². The van der Waals surface area contributed by atoms with Crippen LogP contribution >= 0.6 is 0 Å². The molecule has 3 aromatic heterocycles. The van der Waals surface area contributed by atoms with Crippen molar-refractivity contribution in [3.8, 4) is 73.1 Å². The molecule has 0 aliphatic heterocycles. The molecular formula is C64H46N4. The minimum atomic E-state index is 0.608. The summed E-state index contributed by atoms with van der Waals surface area (Å²) in [5.41, 5.74) is 23.1. The van der Waals surface area contributed by atoms with Crippen LogP contribution in [0.3, 0.4) is 0 Å². The van der Waals surface area contributed by atoms with E-state index in [4.69, 9.17) is 4.98 Å². The van der Waals surface area contributed by atoms with E-state index in [1.807, 2.05) is 24.5 Å². The first-order chi connectivity index (χ1) is 33.3. The van der Waals surface area contributed by atoms with Crippen molar-refractivity contribution in [3.63, 3.8) is 0 Å². The number of aromatic nitrogens is 3. The summed E-state index contributed by atoms with van der Waals surface area (Å²) in [6.45, 7) is 8.73. The minimum Gasteiger partial charge on any atom is -0.307 e. The quantitative estimate of drug-likeness (QED) is 0.160. The Bertz CT molecular complexity index is 3590. The van der Waals surface area contributed by atoms with Gasteiger partial charge in [-0.25, -0.2) is 0 Å². The van der Waals surface area contributed by atoms with Gasteiger partial charge in [-0.3, -0.25) is 4.98 Å². The maximum Gasteiger partial charge on any atom is 0.0991 e. The molecule has 0 saturated heterocycles. The molecule has 12 rings (SSSR count). The molecule has 3 heterocycles. The molecule has 0 N–H and O–H groups in total. The number of nitrogens with zero attached hydrogens (tertiary/aromatic N) is 4. The Kier molecular flexibility index (Phi) is 9.74. The van der Waals surface area contributed by atoms with Crippen LogP contribution in [0.1, 0.15) is 27.8 Å². The number of pyridine rings is 1. The van der Waals surface area contributed by atoms with Crippen LogP contribution in [0.2, 0.25) is 0 Å². The van der Waals surface area contributed by atoms with Crippen LogP contribution in [-0.2, 0) is 0 Å². The van der Waals surface area contributed by atoms with Crippen molar-refractivity contribution in [2.24, 2.45) is 0 Å². The van der Waals surface area contributed by atoms with E-state index >= 15 is 0 Å². The summed E-state index contributed by atoms with van der Waals surface area (Å²) < 4.78 is 4.87. The topological polar surface area (TPSA) is 46.5 Å². The first-order valence-electron chi connectivity index (χ1n) is 23.2. The fourth-order valence-corrected chi connectivity index (χ4v) is 10.6. The second-order valence-corrected chi connectivity index (χ2v) is 18.1. The third-order valence-corrected chi connectivity index (χ3v) is 14.0. The standard InChI is InChI=1S/C64H46N4/c1-40-13-5-9-17-50(40)46-25-29-54-55-30-26-47(51-18-10-6-14-41(51)2)34-59(55)67(58(54)33-46)62-38-66-39-63(64(62)45-23-21-44(37-65)22-24-45)68-60-35-48(52-19-11-7-15-42(52)3)27-31-56(60)57-32-28-49(36-61(57)68)53-20-12-8-16-43(53)4/h5-36,38-39H,1-4H3. The van der Waals surface area contributed by atoms with Gasteiger partial charge in [0.1, 0.15) is 0 Å². The molecular weight excluding hydrogens is 825 g/mol. The maximum absolute atomic E-state index is 10.1. The predicted molar refractivity (Wildman–Crippen MR) is 284 cm³/mol. The predicted octanol–water partition coefficient (Wildman–Crippen LogP) is 16.7. The first-order valence-corrected chi connectivity index (χ1v) is 23.2. The SMILES string of the molecule is Cc1ccccc1-c1ccc2c3ccc(-c4ccccc4C)cc3n(-c3cncc(-n4c5cc(-c6ccccc6C)ccc5c5ccc(-c6ccccc6C)cc54)c3-c3ccc(C#N)cc3)c2c1. The Balaban J connectivity index is 1.23. The van der Waals surface area contributed by atoms with Crippen LogP contribution in [0, 0.1) is 39.0 Å². The Morgan fingerprint density at radius 3 is 0.941 bits per heavy atom. The highest BCUT2D eigenvalue weighted by molar-refractivity contribution is 6.14. The molecule has 12 aromatic rings. The lowest BCUT2D eigenvalue weighted by Gasteiger charge is -2.20. The van der Waals surface area contributed by atoms with Crippen LogP contribution < -0.4 is 0 Å². The van der Waals surface area contributed by atoms with Crippen LogP contribution in [0.15, 0.2) is 207 Å². The molecule has 68 heavy (non-hydrogen) atoms. The summed E-state index contributed by atoms with van der Waals surface area (Å²) in [4.78, 5) is 5.23. The molecule has 0 aliphatic rings. The third-order valence-electron chi connectivity index (χ3n) is 14.0. The second kappa shape index (κ2) is 16.3. The van der Waals surface area contributed by atoms with Gasteiger partial charge < -0.3 is 9.13 Å². The van der Waals surface area contributed by atoms with Crippen molar-refractivity contribution in [2.75, 3.05) is 0 Å². The van der Waals surface area contributed by atoms with E-state index in [0.29, 0.717) is 5.56 Å². The van der Waals surface area contributed by atoms with E-state index in [9.17, 15) is 5.26 Å². The van der Waals surface area contributed by atoms with Gasteiger partial charge in [0.25, 0.3) is 0 Å². The molecule has 0 spiro atoms. The third kappa shape index (κ3) is 6.63. The molecule has 0 saturated carbocycles. The largest absolute Gasteiger partial charge is 0.307 e. The smallest absolute Gasteiger partial charge is 0.0991 e. The zero-order valence-corrected chi connectivity index (χ0v) is 38.4. The van der Waals surface area contributed by atoms with E-state index in [0.717, 1.165) is 88.4 Å².